The van der Waals surface area contributed by atoms with Crippen LogP contribution in [-0.2, 0) is 18.3 Å². The summed E-state index contributed by atoms with van der Waals surface area (Å²) in [6.45, 7) is 0. The fourth-order valence-electron chi connectivity index (χ4n) is 2.73. The quantitative estimate of drug-likeness (QED) is 0.540. The molecule has 0 fully saturated rings. The van der Waals surface area contributed by atoms with Gasteiger partial charge in [0.1, 0.15) is 5.01 Å². The predicted molar refractivity (Wildman–Crippen MR) is 109 cm³/mol. The maximum absolute atomic E-state index is 12.4. The summed E-state index contributed by atoms with van der Waals surface area (Å²) in [6.07, 6.45) is 0.177. The van der Waals surface area contributed by atoms with E-state index in [2.05, 4.69) is 25.8 Å². The van der Waals surface area contributed by atoms with Gasteiger partial charge in [-0.05, 0) is 28.6 Å². The lowest BCUT2D eigenvalue weighted by molar-refractivity contribution is -0.115. The number of hydrogen-bond donors (Lipinski definition) is 1. The zero-order valence-corrected chi connectivity index (χ0v) is 16.4. The zero-order chi connectivity index (χ0) is 19.5. The molecule has 0 aliphatic heterocycles. The van der Waals surface area contributed by atoms with Gasteiger partial charge in [0.15, 0.2) is 5.82 Å². The average Bonchev–Trinajstić information content (AvgIpc) is 3.31. The largest absolute Gasteiger partial charge is 0.326 e. The van der Waals surface area contributed by atoms with Gasteiger partial charge in [-0.25, -0.2) is 9.67 Å². The van der Waals surface area contributed by atoms with Crippen molar-refractivity contribution in [3.8, 4) is 22.0 Å². The number of anilines is 1. The van der Waals surface area contributed by atoms with Crippen molar-refractivity contribution < 1.29 is 4.79 Å². The van der Waals surface area contributed by atoms with Crippen molar-refractivity contribution in [3.05, 3.63) is 64.6 Å². The van der Waals surface area contributed by atoms with E-state index in [9.17, 15) is 4.79 Å². The first-order chi connectivity index (χ1) is 13.6. The molecule has 0 aliphatic carbocycles. The van der Waals surface area contributed by atoms with E-state index in [4.69, 9.17) is 11.6 Å². The van der Waals surface area contributed by atoms with Gasteiger partial charge in [-0.2, -0.15) is 0 Å². The minimum atomic E-state index is -0.149. The number of thiazole rings is 1. The Hall–Kier alpha value is -3.10. The maximum Gasteiger partial charge on any atom is 0.230 e. The Labute approximate surface area is 170 Å². The van der Waals surface area contributed by atoms with Gasteiger partial charge in [0.25, 0.3) is 0 Å². The lowest BCUT2D eigenvalue weighted by Crippen LogP contribution is -2.14. The number of rotatable bonds is 5. The molecule has 0 saturated heterocycles. The van der Waals surface area contributed by atoms with Crippen LogP contribution < -0.4 is 5.32 Å². The number of carbonyl (C=O) groups excluding carboxylic acids is 1. The Balaban J connectivity index is 1.46. The molecule has 0 unspecified atom stereocenters. The van der Waals surface area contributed by atoms with Crippen molar-refractivity contribution in [1.29, 1.82) is 0 Å². The third-order valence-electron chi connectivity index (χ3n) is 4.02. The standard InChI is InChI=1S/C19H15ClN6OS/c1-26-18(23-24-25-26)12-5-4-6-13(9-12)21-17(27)10-14-11-28-19(22-14)15-7-2-3-8-16(15)20/h2-9,11H,10H2,1H3,(H,21,27). The first-order valence-electron chi connectivity index (χ1n) is 8.42. The topological polar surface area (TPSA) is 85.6 Å². The van der Waals surface area contributed by atoms with E-state index in [0.717, 1.165) is 16.1 Å². The molecule has 2 aromatic heterocycles. The minimum absolute atomic E-state index is 0.149. The summed E-state index contributed by atoms with van der Waals surface area (Å²) in [5.74, 6) is 0.476. The number of amides is 1. The number of halogens is 1. The second-order valence-corrected chi connectivity index (χ2v) is 7.32. The predicted octanol–water partition coefficient (Wildman–Crippen LogP) is 3.84. The molecule has 0 spiro atoms. The number of hydrogen-bond acceptors (Lipinski definition) is 6. The zero-order valence-electron chi connectivity index (χ0n) is 14.8. The summed E-state index contributed by atoms with van der Waals surface area (Å²) in [4.78, 5) is 17.0. The highest BCUT2D eigenvalue weighted by molar-refractivity contribution is 7.13. The average molecular weight is 411 g/mol. The minimum Gasteiger partial charge on any atom is -0.326 e. The molecule has 0 bridgehead atoms. The highest BCUT2D eigenvalue weighted by atomic mass is 35.5. The summed E-state index contributed by atoms with van der Waals surface area (Å²) in [6, 6.07) is 14.9. The Morgan fingerprint density at radius 2 is 2.07 bits per heavy atom. The molecular weight excluding hydrogens is 396 g/mol. The normalized spacial score (nSPS) is 10.8. The van der Waals surface area contributed by atoms with Crippen LogP contribution in [0.2, 0.25) is 5.02 Å². The van der Waals surface area contributed by atoms with Crippen LogP contribution >= 0.6 is 22.9 Å². The van der Waals surface area contributed by atoms with Crippen LogP contribution in [0.25, 0.3) is 22.0 Å². The van der Waals surface area contributed by atoms with Crippen LogP contribution in [-0.4, -0.2) is 31.1 Å². The third kappa shape index (κ3) is 3.92. The molecule has 1 amide bonds. The highest BCUT2D eigenvalue weighted by Gasteiger charge is 2.12. The molecule has 28 heavy (non-hydrogen) atoms. The molecule has 0 aliphatic rings. The van der Waals surface area contributed by atoms with E-state index < -0.39 is 0 Å². The van der Waals surface area contributed by atoms with Gasteiger partial charge in [0, 0.05) is 29.2 Å². The second-order valence-electron chi connectivity index (χ2n) is 6.06. The van der Waals surface area contributed by atoms with Crippen molar-refractivity contribution >= 4 is 34.5 Å². The Bertz CT molecular complexity index is 1140. The van der Waals surface area contributed by atoms with Crippen molar-refractivity contribution in [3.63, 3.8) is 0 Å². The second kappa shape index (κ2) is 7.87. The summed E-state index contributed by atoms with van der Waals surface area (Å²) in [5, 5.41) is 17.7. The fourth-order valence-corrected chi connectivity index (χ4v) is 3.87. The SMILES string of the molecule is Cn1nnnc1-c1cccc(NC(=O)Cc2csc(-c3ccccc3Cl)n2)c1. The molecule has 7 nitrogen and oxygen atoms in total. The molecule has 140 valence electrons. The summed E-state index contributed by atoms with van der Waals surface area (Å²) >= 11 is 7.69. The first-order valence-corrected chi connectivity index (χ1v) is 9.68. The van der Waals surface area contributed by atoms with Crippen molar-refractivity contribution in [2.75, 3.05) is 5.32 Å². The van der Waals surface area contributed by atoms with Gasteiger partial charge in [0.05, 0.1) is 17.1 Å². The smallest absolute Gasteiger partial charge is 0.230 e. The van der Waals surface area contributed by atoms with Gasteiger partial charge in [-0.15, -0.1) is 16.4 Å². The van der Waals surface area contributed by atoms with Crippen LogP contribution in [0.15, 0.2) is 53.9 Å². The molecule has 0 saturated carbocycles. The fraction of sp³-hybridized carbons (Fsp3) is 0.105. The molecule has 2 heterocycles. The Morgan fingerprint density at radius 3 is 2.86 bits per heavy atom. The molecular formula is C19H15ClN6OS. The molecule has 0 atom stereocenters. The number of nitrogens with zero attached hydrogens (tertiary/aromatic N) is 5. The van der Waals surface area contributed by atoms with Gasteiger partial charge in [-0.3, -0.25) is 4.79 Å². The number of aryl methyl sites for hydroxylation is 1. The van der Waals surface area contributed by atoms with Crippen LogP contribution in [0, 0.1) is 0 Å². The maximum atomic E-state index is 12.4. The van der Waals surface area contributed by atoms with Crippen LogP contribution in [0.3, 0.4) is 0 Å². The van der Waals surface area contributed by atoms with E-state index >= 15 is 0 Å². The number of aromatic nitrogens is 5. The van der Waals surface area contributed by atoms with E-state index in [1.54, 1.807) is 11.7 Å². The molecule has 0 radical (unpaired) electrons. The highest BCUT2D eigenvalue weighted by Crippen LogP contribution is 2.30. The van der Waals surface area contributed by atoms with Crippen molar-refractivity contribution in [1.82, 2.24) is 25.2 Å². The van der Waals surface area contributed by atoms with Gasteiger partial charge < -0.3 is 5.32 Å². The molecule has 1 N–H and O–H groups in total. The lowest BCUT2D eigenvalue weighted by Gasteiger charge is -2.06. The lowest BCUT2D eigenvalue weighted by atomic mass is 10.2. The summed E-state index contributed by atoms with van der Waals surface area (Å²) < 4.78 is 1.58. The van der Waals surface area contributed by atoms with E-state index in [1.807, 2.05) is 53.9 Å². The van der Waals surface area contributed by atoms with Crippen molar-refractivity contribution in [2.45, 2.75) is 6.42 Å². The van der Waals surface area contributed by atoms with Gasteiger partial charge >= 0.3 is 0 Å². The monoisotopic (exact) mass is 410 g/mol. The molecule has 4 aromatic rings. The molecule has 9 heteroatoms. The Morgan fingerprint density at radius 1 is 1.21 bits per heavy atom. The number of carbonyl (C=O) groups is 1. The van der Waals surface area contributed by atoms with Crippen molar-refractivity contribution in [2.24, 2.45) is 7.05 Å². The number of benzene rings is 2. The van der Waals surface area contributed by atoms with Crippen LogP contribution in [0.4, 0.5) is 5.69 Å². The number of tetrazole rings is 1. The van der Waals surface area contributed by atoms with Gasteiger partial charge in [-0.1, -0.05) is 41.9 Å². The summed E-state index contributed by atoms with van der Waals surface area (Å²) in [7, 11) is 1.76. The van der Waals surface area contributed by atoms with E-state index in [1.165, 1.54) is 11.3 Å². The summed E-state index contributed by atoms with van der Waals surface area (Å²) in [5.41, 5.74) is 3.06. The van der Waals surface area contributed by atoms with Crippen LogP contribution in [0.1, 0.15) is 5.69 Å². The Kier molecular flexibility index (Phi) is 5.14. The third-order valence-corrected chi connectivity index (χ3v) is 5.28. The first kappa shape index (κ1) is 18.3. The van der Waals surface area contributed by atoms with E-state index in [0.29, 0.717) is 22.2 Å². The molecule has 2 aromatic carbocycles. The van der Waals surface area contributed by atoms with Crippen LogP contribution in [0.5, 0.6) is 0 Å². The molecule has 4 rings (SSSR count). The van der Waals surface area contributed by atoms with Gasteiger partial charge in [0.2, 0.25) is 5.91 Å². The number of nitrogens with one attached hydrogen (secondary N) is 1. The van der Waals surface area contributed by atoms with E-state index in [-0.39, 0.29) is 12.3 Å².